The molecule has 1 rings (SSSR count). The summed E-state index contributed by atoms with van der Waals surface area (Å²) in [6.45, 7) is 0. The molecule has 0 aliphatic heterocycles. The molecule has 4 nitrogen and oxygen atoms in total. The molecule has 0 fully saturated rings. The fourth-order valence-electron chi connectivity index (χ4n) is 0.791. The second-order valence-corrected chi connectivity index (χ2v) is 2.67. The molecule has 0 heterocycles. The van der Waals surface area contributed by atoms with Gasteiger partial charge in [0.15, 0.2) is 0 Å². The molecule has 0 saturated heterocycles. The van der Waals surface area contributed by atoms with E-state index >= 15 is 0 Å². The average molecular weight is 200 g/mol. The van der Waals surface area contributed by atoms with Crippen molar-refractivity contribution in [2.45, 2.75) is 0 Å². The molecule has 1 N–H and O–H groups in total. The number of phenolic OH excluding ortho intramolecular Hbond substituents is 1. The van der Waals surface area contributed by atoms with Crippen LogP contribution in [0.3, 0.4) is 0 Å². The van der Waals surface area contributed by atoms with Gasteiger partial charge in [0, 0.05) is 11.6 Å². The fourth-order valence-corrected chi connectivity index (χ4v) is 0.908. The lowest BCUT2D eigenvalue weighted by Gasteiger charge is -1.95. The van der Waals surface area contributed by atoms with Crippen LogP contribution < -0.4 is 0 Å². The summed E-state index contributed by atoms with van der Waals surface area (Å²) in [6.07, 6.45) is 1.09. The highest BCUT2D eigenvalue weighted by Crippen LogP contribution is 2.20. The van der Waals surface area contributed by atoms with E-state index in [4.69, 9.17) is 11.6 Å². The Hall–Kier alpha value is -1.55. The smallest absolute Gasteiger partial charge is 0.337 e. The molecule has 13 heavy (non-hydrogen) atoms. The van der Waals surface area contributed by atoms with E-state index in [0.29, 0.717) is 5.56 Å². The molecule has 0 spiro atoms. The Labute approximate surface area is 79.2 Å². The molecule has 0 aliphatic rings. The number of nitro groups is 1. The van der Waals surface area contributed by atoms with E-state index in [1.807, 2.05) is 0 Å². The molecule has 5 heteroatoms. The van der Waals surface area contributed by atoms with Gasteiger partial charge in [0.25, 0.3) is 0 Å². The minimum atomic E-state index is -0.728. The van der Waals surface area contributed by atoms with Crippen molar-refractivity contribution >= 4 is 17.7 Å². The third-order valence-corrected chi connectivity index (χ3v) is 1.63. The zero-order valence-corrected chi connectivity index (χ0v) is 7.23. The van der Waals surface area contributed by atoms with Crippen LogP contribution in [-0.4, -0.2) is 10.0 Å². The Balaban J connectivity index is 3.04. The van der Waals surface area contributed by atoms with Crippen molar-refractivity contribution in [2.24, 2.45) is 0 Å². The van der Waals surface area contributed by atoms with Crippen LogP contribution in [0.4, 0.5) is 0 Å². The van der Waals surface area contributed by atoms with E-state index in [1.54, 1.807) is 12.1 Å². The molecule has 0 amide bonds. The number of nitrogens with zero attached hydrogens (tertiary/aromatic N) is 1. The molecule has 68 valence electrons. The van der Waals surface area contributed by atoms with Gasteiger partial charge in [0.2, 0.25) is 0 Å². The quantitative estimate of drug-likeness (QED) is 0.451. The van der Waals surface area contributed by atoms with Crippen molar-refractivity contribution < 1.29 is 10.0 Å². The molecule has 0 atom stereocenters. The monoisotopic (exact) mass is 199 g/mol. The molecule has 0 aliphatic carbocycles. The second-order valence-electron chi connectivity index (χ2n) is 2.28. The van der Waals surface area contributed by atoms with E-state index in [1.165, 1.54) is 12.1 Å². The van der Waals surface area contributed by atoms with Crippen LogP contribution in [-0.2, 0) is 0 Å². The van der Waals surface area contributed by atoms with Gasteiger partial charge in [-0.05, 0) is 17.7 Å². The Morgan fingerprint density at radius 1 is 1.54 bits per heavy atom. The standard InChI is InChI=1S/C8H6ClNO3/c9-8(10(12)13)5-6-3-1-2-4-7(6)11/h1-5,11H/b8-5+. The van der Waals surface area contributed by atoms with Crippen molar-refractivity contribution in [3.63, 3.8) is 0 Å². The molecule has 1 aromatic rings. The molecule has 0 unspecified atom stereocenters. The zero-order valence-electron chi connectivity index (χ0n) is 6.48. The number of halogens is 1. The van der Waals surface area contributed by atoms with E-state index < -0.39 is 10.1 Å². The van der Waals surface area contributed by atoms with Gasteiger partial charge >= 0.3 is 5.16 Å². The van der Waals surface area contributed by atoms with Gasteiger partial charge in [0.1, 0.15) is 5.75 Å². The number of hydrogen-bond donors (Lipinski definition) is 1. The highest BCUT2D eigenvalue weighted by molar-refractivity contribution is 6.29. The number of benzene rings is 1. The van der Waals surface area contributed by atoms with Gasteiger partial charge < -0.3 is 5.11 Å². The summed E-state index contributed by atoms with van der Waals surface area (Å²) in [5, 5.41) is 18.8. The molecular formula is C8H6ClNO3. The Morgan fingerprint density at radius 3 is 2.69 bits per heavy atom. The Bertz CT molecular complexity index is 362. The fraction of sp³-hybridized carbons (Fsp3) is 0. The Kier molecular flexibility index (Phi) is 2.87. The van der Waals surface area contributed by atoms with Gasteiger partial charge in [-0.2, -0.15) is 0 Å². The minimum Gasteiger partial charge on any atom is -0.507 e. The van der Waals surface area contributed by atoms with Crippen LogP contribution in [0.15, 0.2) is 29.4 Å². The van der Waals surface area contributed by atoms with Crippen LogP contribution in [0.25, 0.3) is 6.08 Å². The van der Waals surface area contributed by atoms with Crippen LogP contribution in [0.5, 0.6) is 5.75 Å². The van der Waals surface area contributed by atoms with Gasteiger partial charge in [0.05, 0.1) is 4.92 Å². The second kappa shape index (κ2) is 3.91. The number of rotatable bonds is 2. The first-order valence-corrected chi connectivity index (χ1v) is 3.78. The highest BCUT2D eigenvalue weighted by atomic mass is 35.5. The summed E-state index contributed by atoms with van der Waals surface area (Å²) in [6, 6.07) is 6.22. The first kappa shape index (κ1) is 9.54. The average Bonchev–Trinajstić information content (AvgIpc) is 2.08. The van der Waals surface area contributed by atoms with Crippen molar-refractivity contribution in [3.05, 3.63) is 45.1 Å². The normalized spacial score (nSPS) is 11.3. The predicted octanol–water partition coefficient (Wildman–Crippen LogP) is 2.21. The van der Waals surface area contributed by atoms with E-state index in [-0.39, 0.29) is 5.75 Å². The molecule has 0 radical (unpaired) electrons. The summed E-state index contributed by atoms with van der Waals surface area (Å²) >= 11 is 5.27. The molecular weight excluding hydrogens is 194 g/mol. The van der Waals surface area contributed by atoms with Crippen molar-refractivity contribution in [3.8, 4) is 5.75 Å². The number of phenols is 1. The summed E-state index contributed by atoms with van der Waals surface area (Å²) in [5.41, 5.74) is 0.323. The first-order chi connectivity index (χ1) is 6.11. The highest BCUT2D eigenvalue weighted by Gasteiger charge is 2.06. The molecule has 0 bridgehead atoms. The number of hydrogen-bond acceptors (Lipinski definition) is 3. The summed E-state index contributed by atoms with van der Waals surface area (Å²) in [5.74, 6) is -0.0394. The van der Waals surface area contributed by atoms with Crippen molar-refractivity contribution in [1.82, 2.24) is 0 Å². The van der Waals surface area contributed by atoms with Gasteiger partial charge in [-0.15, -0.1) is 0 Å². The van der Waals surface area contributed by atoms with Crippen LogP contribution in [0, 0.1) is 10.1 Å². The topological polar surface area (TPSA) is 63.4 Å². The van der Waals surface area contributed by atoms with Crippen molar-refractivity contribution in [2.75, 3.05) is 0 Å². The van der Waals surface area contributed by atoms with Crippen LogP contribution >= 0.6 is 11.6 Å². The van der Waals surface area contributed by atoms with Crippen LogP contribution in [0.1, 0.15) is 5.56 Å². The lowest BCUT2D eigenvalue weighted by molar-refractivity contribution is -0.410. The first-order valence-electron chi connectivity index (χ1n) is 3.41. The summed E-state index contributed by atoms with van der Waals surface area (Å²) < 4.78 is 0. The molecule has 0 aromatic heterocycles. The Morgan fingerprint density at radius 2 is 2.15 bits per heavy atom. The van der Waals surface area contributed by atoms with E-state index in [0.717, 1.165) is 6.08 Å². The van der Waals surface area contributed by atoms with Gasteiger partial charge in [-0.3, -0.25) is 10.1 Å². The largest absolute Gasteiger partial charge is 0.507 e. The third-order valence-electron chi connectivity index (χ3n) is 1.39. The molecule has 0 saturated carbocycles. The van der Waals surface area contributed by atoms with Crippen molar-refractivity contribution in [1.29, 1.82) is 0 Å². The lowest BCUT2D eigenvalue weighted by atomic mass is 10.2. The van der Waals surface area contributed by atoms with E-state index in [9.17, 15) is 15.2 Å². The number of aromatic hydroxyl groups is 1. The maximum Gasteiger partial charge on any atom is 0.337 e. The maximum atomic E-state index is 10.1. The lowest BCUT2D eigenvalue weighted by Crippen LogP contribution is -1.90. The zero-order chi connectivity index (χ0) is 9.84. The van der Waals surface area contributed by atoms with Crippen LogP contribution in [0.2, 0.25) is 0 Å². The predicted molar refractivity (Wildman–Crippen MR) is 48.9 cm³/mol. The molecule has 1 aromatic carbocycles. The van der Waals surface area contributed by atoms with Gasteiger partial charge in [-0.1, -0.05) is 18.2 Å². The van der Waals surface area contributed by atoms with Gasteiger partial charge in [-0.25, -0.2) is 0 Å². The summed E-state index contributed by atoms with van der Waals surface area (Å²) in [7, 11) is 0. The minimum absolute atomic E-state index is 0.0394. The SMILES string of the molecule is O=[N+]([O-])/C(Cl)=C/c1ccccc1O. The number of para-hydroxylation sites is 1. The maximum absolute atomic E-state index is 10.1. The van der Waals surface area contributed by atoms with E-state index in [2.05, 4.69) is 0 Å². The third kappa shape index (κ3) is 2.45. The summed E-state index contributed by atoms with van der Waals surface area (Å²) in [4.78, 5) is 9.41.